The van der Waals surface area contributed by atoms with Crippen LogP contribution in [0.15, 0.2) is 0 Å². The van der Waals surface area contributed by atoms with Crippen molar-refractivity contribution in [1.82, 2.24) is 4.90 Å². The Hall–Kier alpha value is -0.570. The molecule has 17 heavy (non-hydrogen) atoms. The van der Waals surface area contributed by atoms with Crippen molar-refractivity contribution < 1.29 is 9.90 Å². The summed E-state index contributed by atoms with van der Waals surface area (Å²) in [6, 6.07) is 1.18. The van der Waals surface area contributed by atoms with Gasteiger partial charge in [0, 0.05) is 18.5 Å². The molecule has 0 aromatic carbocycles. The number of hydrogen-bond donors (Lipinski definition) is 1. The number of likely N-dealkylation sites (tertiary alicyclic amines) is 1. The zero-order valence-corrected chi connectivity index (χ0v) is 10.9. The van der Waals surface area contributed by atoms with Crippen molar-refractivity contribution >= 4 is 5.97 Å². The second-order valence-corrected chi connectivity index (χ2v) is 5.85. The fourth-order valence-corrected chi connectivity index (χ4v) is 3.17. The molecule has 2 atom stereocenters. The number of carboxylic acids is 1. The Morgan fingerprint density at radius 2 is 2.12 bits per heavy atom. The first-order valence-corrected chi connectivity index (χ1v) is 7.14. The lowest BCUT2D eigenvalue weighted by Crippen LogP contribution is -2.45. The average molecular weight is 239 g/mol. The molecule has 0 aromatic heterocycles. The SMILES string of the molecule is CC(CC1CC1)N1CCCCC1CCC(=O)O. The molecule has 98 valence electrons. The molecular weight excluding hydrogens is 214 g/mol. The summed E-state index contributed by atoms with van der Waals surface area (Å²) >= 11 is 0. The van der Waals surface area contributed by atoms with Gasteiger partial charge in [0.1, 0.15) is 0 Å². The topological polar surface area (TPSA) is 40.5 Å². The van der Waals surface area contributed by atoms with E-state index in [1.54, 1.807) is 0 Å². The molecule has 3 heteroatoms. The third-order valence-corrected chi connectivity index (χ3v) is 4.30. The zero-order chi connectivity index (χ0) is 12.3. The van der Waals surface area contributed by atoms with E-state index in [9.17, 15) is 4.79 Å². The van der Waals surface area contributed by atoms with Crippen LogP contribution in [0, 0.1) is 5.92 Å². The maximum Gasteiger partial charge on any atom is 0.303 e. The predicted molar refractivity (Wildman–Crippen MR) is 68.0 cm³/mol. The van der Waals surface area contributed by atoms with Crippen molar-refractivity contribution in [1.29, 1.82) is 0 Å². The quantitative estimate of drug-likeness (QED) is 0.774. The summed E-state index contributed by atoms with van der Waals surface area (Å²) in [6.07, 6.45) is 9.08. The number of rotatable bonds is 6. The van der Waals surface area contributed by atoms with Gasteiger partial charge in [-0.3, -0.25) is 9.69 Å². The molecule has 2 rings (SSSR count). The molecular formula is C14H25NO2. The largest absolute Gasteiger partial charge is 0.481 e. The summed E-state index contributed by atoms with van der Waals surface area (Å²) in [5.74, 6) is 0.317. The van der Waals surface area contributed by atoms with Crippen LogP contribution in [-0.2, 0) is 4.79 Å². The molecule has 0 amide bonds. The van der Waals surface area contributed by atoms with Crippen LogP contribution in [0.2, 0.25) is 0 Å². The molecule has 0 spiro atoms. The smallest absolute Gasteiger partial charge is 0.303 e. The number of aliphatic carboxylic acids is 1. The van der Waals surface area contributed by atoms with E-state index in [1.165, 1.54) is 45.1 Å². The number of nitrogens with zero attached hydrogens (tertiary/aromatic N) is 1. The summed E-state index contributed by atoms with van der Waals surface area (Å²) in [6.45, 7) is 3.51. The maximum atomic E-state index is 10.7. The normalized spacial score (nSPS) is 27.9. The van der Waals surface area contributed by atoms with E-state index in [2.05, 4.69) is 11.8 Å². The monoisotopic (exact) mass is 239 g/mol. The van der Waals surface area contributed by atoms with E-state index in [0.29, 0.717) is 18.5 Å². The van der Waals surface area contributed by atoms with Gasteiger partial charge in [-0.2, -0.15) is 0 Å². The number of hydrogen-bond acceptors (Lipinski definition) is 2. The van der Waals surface area contributed by atoms with Crippen molar-refractivity contribution in [2.45, 2.75) is 70.4 Å². The Kier molecular flexibility index (Phi) is 4.43. The summed E-state index contributed by atoms with van der Waals surface area (Å²) in [7, 11) is 0. The Morgan fingerprint density at radius 3 is 2.76 bits per heavy atom. The van der Waals surface area contributed by atoms with Crippen molar-refractivity contribution in [3.05, 3.63) is 0 Å². The Labute approximate surface area is 104 Å². The fourth-order valence-electron chi connectivity index (χ4n) is 3.17. The van der Waals surface area contributed by atoms with Gasteiger partial charge >= 0.3 is 5.97 Å². The summed E-state index contributed by atoms with van der Waals surface area (Å²) in [4.78, 5) is 13.3. The van der Waals surface area contributed by atoms with E-state index in [-0.39, 0.29) is 0 Å². The maximum absolute atomic E-state index is 10.7. The lowest BCUT2D eigenvalue weighted by molar-refractivity contribution is -0.137. The molecule has 1 aliphatic carbocycles. The zero-order valence-electron chi connectivity index (χ0n) is 10.9. The second-order valence-electron chi connectivity index (χ2n) is 5.85. The molecule has 1 saturated heterocycles. The number of carboxylic acid groups (broad SMARTS) is 1. The van der Waals surface area contributed by atoms with Crippen molar-refractivity contribution in [3.63, 3.8) is 0 Å². The van der Waals surface area contributed by atoms with Crippen LogP contribution < -0.4 is 0 Å². The molecule has 2 aliphatic rings. The van der Waals surface area contributed by atoms with E-state index in [0.717, 1.165) is 12.3 Å². The van der Waals surface area contributed by atoms with Crippen LogP contribution >= 0.6 is 0 Å². The van der Waals surface area contributed by atoms with Crippen molar-refractivity contribution in [3.8, 4) is 0 Å². The van der Waals surface area contributed by atoms with Gasteiger partial charge in [0.2, 0.25) is 0 Å². The summed E-state index contributed by atoms with van der Waals surface area (Å²) in [5.41, 5.74) is 0. The van der Waals surface area contributed by atoms with Gasteiger partial charge in [0.25, 0.3) is 0 Å². The van der Waals surface area contributed by atoms with Crippen molar-refractivity contribution in [2.75, 3.05) is 6.54 Å². The van der Waals surface area contributed by atoms with Crippen LogP contribution in [-0.4, -0.2) is 34.6 Å². The van der Waals surface area contributed by atoms with Gasteiger partial charge in [-0.05, 0) is 45.1 Å². The highest BCUT2D eigenvalue weighted by Gasteiger charge is 2.31. The van der Waals surface area contributed by atoms with Crippen LogP contribution in [0.25, 0.3) is 0 Å². The minimum atomic E-state index is -0.648. The van der Waals surface area contributed by atoms with Crippen LogP contribution in [0.1, 0.15) is 58.3 Å². The molecule has 3 nitrogen and oxygen atoms in total. The van der Waals surface area contributed by atoms with Gasteiger partial charge < -0.3 is 5.11 Å². The molecule has 0 radical (unpaired) electrons. The van der Waals surface area contributed by atoms with Gasteiger partial charge in [-0.25, -0.2) is 0 Å². The lowest BCUT2D eigenvalue weighted by atomic mass is 9.95. The van der Waals surface area contributed by atoms with Crippen molar-refractivity contribution in [2.24, 2.45) is 5.92 Å². The van der Waals surface area contributed by atoms with Gasteiger partial charge in [0.05, 0.1) is 0 Å². The minimum absolute atomic E-state index is 0.331. The highest BCUT2D eigenvalue weighted by molar-refractivity contribution is 5.66. The molecule has 0 bridgehead atoms. The lowest BCUT2D eigenvalue weighted by Gasteiger charge is -2.40. The van der Waals surface area contributed by atoms with E-state index in [4.69, 9.17) is 5.11 Å². The van der Waals surface area contributed by atoms with E-state index >= 15 is 0 Å². The number of piperidine rings is 1. The summed E-state index contributed by atoms with van der Waals surface area (Å²) in [5, 5.41) is 8.81. The van der Waals surface area contributed by atoms with E-state index < -0.39 is 5.97 Å². The Morgan fingerprint density at radius 1 is 1.35 bits per heavy atom. The predicted octanol–water partition coefficient (Wildman–Crippen LogP) is 2.89. The first-order chi connectivity index (χ1) is 8.16. The number of carbonyl (C=O) groups is 1. The molecule has 1 aliphatic heterocycles. The molecule has 0 aromatic rings. The standard InChI is InChI=1S/C14H25NO2/c1-11(10-12-5-6-12)15-9-3-2-4-13(15)7-8-14(16)17/h11-13H,2-10H2,1H3,(H,16,17). The fraction of sp³-hybridized carbons (Fsp3) is 0.929. The first-order valence-electron chi connectivity index (χ1n) is 7.14. The van der Waals surface area contributed by atoms with E-state index in [1.807, 2.05) is 0 Å². The molecule has 1 saturated carbocycles. The van der Waals surface area contributed by atoms with Gasteiger partial charge in [-0.15, -0.1) is 0 Å². The molecule has 1 heterocycles. The Balaban J connectivity index is 1.83. The highest BCUT2D eigenvalue weighted by atomic mass is 16.4. The first kappa shape index (κ1) is 12.9. The van der Waals surface area contributed by atoms with Gasteiger partial charge in [0.15, 0.2) is 0 Å². The van der Waals surface area contributed by atoms with Crippen LogP contribution in [0.4, 0.5) is 0 Å². The molecule has 2 unspecified atom stereocenters. The van der Waals surface area contributed by atoms with Crippen LogP contribution in [0.5, 0.6) is 0 Å². The average Bonchev–Trinajstić information content (AvgIpc) is 3.10. The third-order valence-electron chi connectivity index (χ3n) is 4.30. The van der Waals surface area contributed by atoms with Gasteiger partial charge in [-0.1, -0.05) is 19.3 Å². The molecule has 1 N–H and O–H groups in total. The minimum Gasteiger partial charge on any atom is -0.481 e. The highest BCUT2D eigenvalue weighted by Crippen LogP contribution is 2.36. The van der Waals surface area contributed by atoms with Crippen LogP contribution in [0.3, 0.4) is 0 Å². The second kappa shape index (κ2) is 5.85. The Bertz CT molecular complexity index is 263. The third kappa shape index (κ3) is 3.98. The summed E-state index contributed by atoms with van der Waals surface area (Å²) < 4.78 is 0. The molecule has 2 fully saturated rings.